The molecule has 0 aliphatic heterocycles. The molecule has 0 bridgehead atoms. The van der Waals surface area contributed by atoms with Crippen molar-refractivity contribution in [3.8, 4) is 0 Å². The first-order chi connectivity index (χ1) is 8.16. The van der Waals surface area contributed by atoms with Crippen LogP contribution in [-0.2, 0) is 4.79 Å². The van der Waals surface area contributed by atoms with Gasteiger partial charge < -0.3 is 10.4 Å². The Morgan fingerprint density at radius 1 is 1.44 bits per heavy atom. The molecule has 0 amide bonds. The molecule has 1 aromatic rings. The number of benzene rings is 1. The van der Waals surface area contributed by atoms with Crippen molar-refractivity contribution in [3.05, 3.63) is 33.9 Å². The van der Waals surface area contributed by atoms with E-state index < -0.39 is 39.4 Å². The van der Waals surface area contributed by atoms with Crippen molar-refractivity contribution in [1.29, 1.82) is 0 Å². The second-order valence-electron chi connectivity index (χ2n) is 4.07. The highest BCUT2D eigenvalue weighted by atomic mass is 19.2. The normalized spacial score (nSPS) is 11.1. The summed E-state index contributed by atoms with van der Waals surface area (Å²) in [6.07, 6.45) is 0. The maximum atomic E-state index is 13.5. The molecule has 2 N–H and O–H groups in total. The van der Waals surface area contributed by atoms with Crippen LogP contribution < -0.4 is 5.32 Å². The Balaban J connectivity index is 3.34. The van der Waals surface area contributed by atoms with Crippen LogP contribution in [0.5, 0.6) is 0 Å². The molecule has 0 heterocycles. The molecule has 0 spiro atoms. The number of carbonyl (C=O) groups is 1. The Bertz CT molecular complexity index is 517. The number of carboxylic acids is 1. The summed E-state index contributed by atoms with van der Waals surface area (Å²) >= 11 is 0. The predicted molar refractivity (Wildman–Crippen MR) is 58.3 cm³/mol. The van der Waals surface area contributed by atoms with Crippen LogP contribution in [-0.4, -0.2) is 21.5 Å². The van der Waals surface area contributed by atoms with Crippen LogP contribution in [0, 0.1) is 21.7 Å². The van der Waals surface area contributed by atoms with Crippen LogP contribution >= 0.6 is 0 Å². The minimum atomic E-state index is -1.68. The third kappa shape index (κ3) is 2.53. The molecule has 0 radical (unpaired) electrons. The van der Waals surface area contributed by atoms with E-state index in [9.17, 15) is 23.7 Å². The van der Waals surface area contributed by atoms with Crippen molar-refractivity contribution in [1.82, 2.24) is 0 Å². The van der Waals surface area contributed by atoms with Crippen molar-refractivity contribution >= 4 is 17.3 Å². The predicted octanol–water partition coefficient (Wildman–Crippen LogP) is 2.15. The van der Waals surface area contributed by atoms with Gasteiger partial charge in [-0.25, -0.2) is 13.6 Å². The summed E-state index contributed by atoms with van der Waals surface area (Å²) < 4.78 is 26.5. The van der Waals surface area contributed by atoms with E-state index in [0.717, 1.165) is 6.07 Å². The molecule has 0 aromatic heterocycles. The average Bonchev–Trinajstić information content (AvgIpc) is 2.24. The fourth-order valence-electron chi connectivity index (χ4n) is 1.18. The lowest BCUT2D eigenvalue weighted by molar-refractivity contribution is -0.384. The lowest BCUT2D eigenvalue weighted by atomic mass is 10.1. The van der Waals surface area contributed by atoms with Gasteiger partial charge in [0, 0.05) is 6.07 Å². The zero-order chi connectivity index (χ0) is 14.1. The topological polar surface area (TPSA) is 92.5 Å². The van der Waals surface area contributed by atoms with Crippen molar-refractivity contribution in [3.63, 3.8) is 0 Å². The number of nitro groups is 1. The Labute approximate surface area is 100 Å². The quantitative estimate of drug-likeness (QED) is 0.639. The minimum absolute atomic E-state index is 0.604. The maximum Gasteiger partial charge on any atom is 0.328 e. The number of hydrogen-bond acceptors (Lipinski definition) is 4. The van der Waals surface area contributed by atoms with Gasteiger partial charge >= 0.3 is 5.97 Å². The largest absolute Gasteiger partial charge is 0.480 e. The summed E-state index contributed by atoms with van der Waals surface area (Å²) in [5, 5.41) is 21.6. The summed E-state index contributed by atoms with van der Waals surface area (Å²) in [5.41, 5.74) is -3.20. The standard InChI is InChI=1S/C10H10F2N2O4/c1-10(2,9(15)16)13-8-6(14(17)18)4-3-5(11)7(8)12/h3-4,13H,1-2H3,(H,15,16). The first-order valence-corrected chi connectivity index (χ1v) is 4.81. The van der Waals surface area contributed by atoms with Gasteiger partial charge in [0.25, 0.3) is 5.69 Å². The van der Waals surface area contributed by atoms with Gasteiger partial charge in [-0.3, -0.25) is 10.1 Å². The van der Waals surface area contributed by atoms with Crippen molar-refractivity contribution in [2.24, 2.45) is 0 Å². The van der Waals surface area contributed by atoms with Gasteiger partial charge in [-0.2, -0.15) is 0 Å². The average molecular weight is 260 g/mol. The van der Waals surface area contributed by atoms with Crippen LogP contribution in [0.2, 0.25) is 0 Å². The number of nitrogens with one attached hydrogen (secondary N) is 1. The Hall–Kier alpha value is -2.25. The molecule has 1 aromatic carbocycles. The second-order valence-corrected chi connectivity index (χ2v) is 4.07. The fourth-order valence-corrected chi connectivity index (χ4v) is 1.18. The van der Waals surface area contributed by atoms with Crippen molar-refractivity contribution < 1.29 is 23.6 Å². The summed E-state index contributed by atoms with van der Waals surface area (Å²) in [5.74, 6) is -4.15. The van der Waals surface area contributed by atoms with Crippen LogP contribution in [0.25, 0.3) is 0 Å². The number of hydrogen-bond donors (Lipinski definition) is 2. The van der Waals surface area contributed by atoms with E-state index in [4.69, 9.17) is 5.11 Å². The van der Waals surface area contributed by atoms with E-state index in [1.807, 2.05) is 0 Å². The first kappa shape index (κ1) is 13.8. The van der Waals surface area contributed by atoms with Crippen molar-refractivity contribution in [2.45, 2.75) is 19.4 Å². The molecule has 0 unspecified atom stereocenters. The zero-order valence-electron chi connectivity index (χ0n) is 9.53. The van der Waals surface area contributed by atoms with E-state index >= 15 is 0 Å². The third-order valence-corrected chi connectivity index (χ3v) is 2.24. The van der Waals surface area contributed by atoms with Crippen LogP contribution in [0.3, 0.4) is 0 Å². The maximum absolute atomic E-state index is 13.5. The van der Waals surface area contributed by atoms with Crippen LogP contribution in [0.1, 0.15) is 13.8 Å². The lowest BCUT2D eigenvalue weighted by Gasteiger charge is -2.22. The number of anilines is 1. The molecular weight excluding hydrogens is 250 g/mol. The Morgan fingerprint density at radius 3 is 2.44 bits per heavy atom. The highest BCUT2D eigenvalue weighted by Crippen LogP contribution is 2.31. The third-order valence-electron chi connectivity index (χ3n) is 2.24. The number of carboxylic acid groups (broad SMARTS) is 1. The summed E-state index contributed by atoms with van der Waals surface area (Å²) in [6.45, 7) is 2.34. The van der Waals surface area contributed by atoms with Gasteiger partial charge in [-0.15, -0.1) is 0 Å². The van der Waals surface area contributed by atoms with E-state index in [0.29, 0.717) is 6.07 Å². The molecule has 0 fully saturated rings. The van der Waals surface area contributed by atoms with E-state index in [-0.39, 0.29) is 0 Å². The molecule has 98 valence electrons. The Kier molecular flexibility index (Phi) is 3.49. The fraction of sp³-hybridized carbons (Fsp3) is 0.300. The van der Waals surface area contributed by atoms with Gasteiger partial charge in [0.15, 0.2) is 17.3 Å². The molecular formula is C10H10F2N2O4. The SMILES string of the molecule is CC(C)(Nc1c([N+](=O)[O-])ccc(F)c1F)C(=O)O. The summed E-state index contributed by atoms with van der Waals surface area (Å²) in [7, 11) is 0. The van der Waals surface area contributed by atoms with Gasteiger partial charge in [0.05, 0.1) is 4.92 Å². The lowest BCUT2D eigenvalue weighted by Crippen LogP contribution is -2.40. The number of halogens is 2. The van der Waals surface area contributed by atoms with Gasteiger partial charge in [-0.05, 0) is 19.9 Å². The molecule has 0 saturated heterocycles. The van der Waals surface area contributed by atoms with Crippen molar-refractivity contribution in [2.75, 3.05) is 5.32 Å². The van der Waals surface area contributed by atoms with Gasteiger partial charge in [0.1, 0.15) is 5.54 Å². The zero-order valence-corrected chi connectivity index (χ0v) is 9.53. The molecule has 0 aliphatic rings. The summed E-state index contributed by atoms with van der Waals surface area (Å²) in [6, 6.07) is 1.37. The van der Waals surface area contributed by atoms with Crippen LogP contribution in [0.4, 0.5) is 20.2 Å². The second kappa shape index (κ2) is 4.55. The molecule has 8 heteroatoms. The van der Waals surface area contributed by atoms with Gasteiger partial charge in [-0.1, -0.05) is 0 Å². The monoisotopic (exact) mass is 260 g/mol. The highest BCUT2D eigenvalue weighted by molar-refractivity contribution is 5.83. The number of nitro benzene ring substituents is 1. The molecule has 18 heavy (non-hydrogen) atoms. The van der Waals surface area contributed by atoms with E-state index in [1.54, 1.807) is 0 Å². The minimum Gasteiger partial charge on any atom is -0.480 e. The van der Waals surface area contributed by atoms with E-state index in [2.05, 4.69) is 5.32 Å². The molecule has 0 atom stereocenters. The van der Waals surface area contributed by atoms with E-state index in [1.165, 1.54) is 13.8 Å². The Morgan fingerprint density at radius 2 is 2.00 bits per heavy atom. The molecule has 0 saturated carbocycles. The number of nitrogens with zero attached hydrogens (tertiary/aromatic N) is 1. The molecule has 0 aliphatic carbocycles. The van der Waals surface area contributed by atoms with Gasteiger partial charge in [0.2, 0.25) is 0 Å². The number of rotatable bonds is 4. The smallest absolute Gasteiger partial charge is 0.328 e. The molecule has 6 nitrogen and oxygen atoms in total. The molecule has 1 rings (SSSR count). The first-order valence-electron chi connectivity index (χ1n) is 4.81. The van der Waals surface area contributed by atoms with Crippen LogP contribution in [0.15, 0.2) is 12.1 Å². The number of aliphatic carboxylic acids is 1. The summed E-state index contributed by atoms with van der Waals surface area (Å²) in [4.78, 5) is 20.6. The highest BCUT2D eigenvalue weighted by Gasteiger charge is 2.32.